The number of carbonyl (C=O) groups is 2. The van der Waals surface area contributed by atoms with Gasteiger partial charge in [-0.2, -0.15) is 18.3 Å². The number of aromatic nitrogens is 3. The second-order valence-electron chi connectivity index (χ2n) is 11.0. The highest BCUT2D eigenvalue weighted by molar-refractivity contribution is 6.31. The van der Waals surface area contributed by atoms with Gasteiger partial charge in [-0.15, -0.1) is 0 Å². The fourth-order valence-electron chi connectivity index (χ4n) is 5.56. The van der Waals surface area contributed by atoms with Crippen molar-refractivity contribution in [3.05, 3.63) is 94.3 Å². The van der Waals surface area contributed by atoms with E-state index < -0.39 is 23.4 Å². The van der Waals surface area contributed by atoms with Crippen molar-refractivity contribution in [1.29, 1.82) is 0 Å². The summed E-state index contributed by atoms with van der Waals surface area (Å²) in [5.41, 5.74) is 0.336. The average Bonchev–Trinajstić information content (AvgIpc) is 3.76. The van der Waals surface area contributed by atoms with Gasteiger partial charge in [0.25, 0.3) is 0 Å². The van der Waals surface area contributed by atoms with Gasteiger partial charge in [0.2, 0.25) is 5.91 Å². The molecule has 0 bridgehead atoms. The number of benzene rings is 2. The maximum atomic E-state index is 13.8. The summed E-state index contributed by atoms with van der Waals surface area (Å²) in [5, 5.41) is 13.5. The summed E-state index contributed by atoms with van der Waals surface area (Å²) in [5.74, 6) is -0.655. The number of halogens is 4. The van der Waals surface area contributed by atoms with Crippen molar-refractivity contribution in [3.63, 3.8) is 0 Å². The molecule has 1 saturated heterocycles. The molecule has 8 nitrogen and oxygen atoms in total. The number of amides is 1. The monoisotopic (exact) mass is 624 g/mol. The minimum absolute atomic E-state index is 0.142. The van der Waals surface area contributed by atoms with E-state index in [-0.39, 0.29) is 24.2 Å². The molecule has 1 amide bonds. The third kappa shape index (κ3) is 6.14. The summed E-state index contributed by atoms with van der Waals surface area (Å²) in [6.07, 6.45) is -0.506. The molecule has 0 unspecified atom stereocenters. The van der Waals surface area contributed by atoms with E-state index in [1.807, 2.05) is 23.1 Å². The first kappa shape index (κ1) is 29.7. The van der Waals surface area contributed by atoms with Crippen LogP contribution in [0.25, 0.3) is 17.1 Å². The number of ether oxygens (including phenoxy) is 1. The molecule has 3 heterocycles. The van der Waals surface area contributed by atoms with Gasteiger partial charge in [0.1, 0.15) is 17.9 Å². The van der Waals surface area contributed by atoms with Crippen LogP contribution in [0, 0.1) is 5.92 Å². The number of para-hydroxylation sites is 1. The highest BCUT2D eigenvalue weighted by Gasteiger charge is 2.41. The van der Waals surface area contributed by atoms with E-state index in [1.54, 1.807) is 30.3 Å². The highest BCUT2D eigenvalue weighted by atomic mass is 35.5. The third-order valence-corrected chi connectivity index (χ3v) is 8.40. The molecule has 44 heavy (non-hydrogen) atoms. The summed E-state index contributed by atoms with van der Waals surface area (Å²) in [7, 11) is 0. The van der Waals surface area contributed by atoms with Crippen LogP contribution in [-0.2, 0) is 17.6 Å². The van der Waals surface area contributed by atoms with E-state index in [0.717, 1.165) is 49.9 Å². The number of nitrogens with zero attached hydrogens (tertiary/aromatic N) is 4. The molecule has 0 spiro atoms. The fourth-order valence-corrected chi connectivity index (χ4v) is 5.80. The molecule has 228 valence electrons. The lowest BCUT2D eigenvalue weighted by Gasteiger charge is -2.32. The zero-order valence-corrected chi connectivity index (χ0v) is 24.2. The molecule has 0 atom stereocenters. The van der Waals surface area contributed by atoms with Crippen LogP contribution in [0.3, 0.4) is 0 Å². The Kier molecular flexibility index (Phi) is 8.06. The molecule has 1 aliphatic heterocycles. The number of carboxylic acids is 1. The number of hydrogen-bond acceptors (Lipinski definition) is 5. The van der Waals surface area contributed by atoms with E-state index in [2.05, 4.69) is 10.1 Å². The number of piperidine rings is 1. The molecule has 0 radical (unpaired) electrons. The van der Waals surface area contributed by atoms with Crippen LogP contribution in [0.5, 0.6) is 5.75 Å². The number of rotatable bonds is 8. The number of carboxylic acid groups (broad SMARTS) is 1. The van der Waals surface area contributed by atoms with Crippen LogP contribution >= 0.6 is 11.6 Å². The van der Waals surface area contributed by atoms with Gasteiger partial charge in [-0.3, -0.25) is 4.79 Å². The molecule has 2 aliphatic rings. The van der Waals surface area contributed by atoms with Crippen molar-refractivity contribution in [2.45, 2.75) is 44.4 Å². The van der Waals surface area contributed by atoms with Gasteiger partial charge in [0, 0.05) is 35.2 Å². The molecule has 1 aliphatic carbocycles. The maximum Gasteiger partial charge on any atom is 0.434 e. The van der Waals surface area contributed by atoms with Crippen molar-refractivity contribution in [3.8, 4) is 22.8 Å². The van der Waals surface area contributed by atoms with Crippen LogP contribution in [0.1, 0.15) is 58.8 Å². The Morgan fingerprint density at radius 3 is 2.43 bits per heavy atom. The zero-order valence-electron chi connectivity index (χ0n) is 23.4. The van der Waals surface area contributed by atoms with E-state index in [4.69, 9.17) is 16.3 Å². The number of likely N-dealkylation sites (tertiary alicyclic amines) is 1. The lowest BCUT2D eigenvalue weighted by Crippen LogP contribution is -2.38. The molecule has 2 aromatic carbocycles. The van der Waals surface area contributed by atoms with Crippen molar-refractivity contribution in [1.82, 2.24) is 19.7 Å². The molecule has 6 rings (SSSR count). The second-order valence-corrected chi connectivity index (χ2v) is 11.4. The minimum Gasteiger partial charge on any atom is -0.488 e. The van der Waals surface area contributed by atoms with Gasteiger partial charge in [-0.1, -0.05) is 41.9 Å². The molecule has 2 aromatic heterocycles. The molecule has 4 aromatic rings. The summed E-state index contributed by atoms with van der Waals surface area (Å²) in [4.78, 5) is 30.1. The number of carbonyl (C=O) groups excluding carboxylic acids is 1. The van der Waals surface area contributed by atoms with E-state index >= 15 is 0 Å². The van der Waals surface area contributed by atoms with Gasteiger partial charge in [0.15, 0.2) is 11.5 Å². The first-order valence-electron chi connectivity index (χ1n) is 14.3. The Bertz CT molecular complexity index is 1710. The maximum absolute atomic E-state index is 13.8. The number of aromatic carboxylic acids is 1. The van der Waals surface area contributed by atoms with Crippen molar-refractivity contribution in [2.75, 3.05) is 13.1 Å². The van der Waals surface area contributed by atoms with Crippen molar-refractivity contribution >= 4 is 23.5 Å². The topological polar surface area (TPSA) is 97.5 Å². The molecule has 12 heteroatoms. The lowest BCUT2D eigenvalue weighted by molar-refractivity contribution is -0.143. The van der Waals surface area contributed by atoms with Crippen LogP contribution in [0.4, 0.5) is 13.2 Å². The van der Waals surface area contributed by atoms with Crippen LogP contribution in [0.15, 0.2) is 66.9 Å². The number of hydrogen-bond donors (Lipinski definition) is 1. The molecular formula is C32H28ClF3N4O4. The molecule has 1 saturated carbocycles. The largest absolute Gasteiger partial charge is 0.488 e. The van der Waals surface area contributed by atoms with Crippen LogP contribution in [-0.4, -0.2) is 49.7 Å². The first-order valence-corrected chi connectivity index (χ1v) is 14.6. The fraction of sp³-hybridized carbons (Fsp3) is 0.312. The van der Waals surface area contributed by atoms with E-state index in [1.165, 1.54) is 12.1 Å². The van der Waals surface area contributed by atoms with Gasteiger partial charge in [0.05, 0.1) is 11.9 Å². The molecule has 1 N–H and O–H groups in total. The first-order chi connectivity index (χ1) is 21.1. The van der Waals surface area contributed by atoms with E-state index in [0.29, 0.717) is 38.8 Å². The second kappa shape index (κ2) is 12.0. The van der Waals surface area contributed by atoms with Crippen molar-refractivity contribution < 1.29 is 32.6 Å². The van der Waals surface area contributed by atoms with Gasteiger partial charge in [-0.05, 0) is 67.5 Å². The predicted molar refractivity (Wildman–Crippen MR) is 156 cm³/mol. The Morgan fingerprint density at radius 1 is 1.00 bits per heavy atom. The van der Waals surface area contributed by atoms with Gasteiger partial charge < -0.3 is 14.7 Å². The lowest BCUT2D eigenvalue weighted by atomic mass is 9.89. The van der Waals surface area contributed by atoms with Crippen LogP contribution in [0.2, 0.25) is 5.02 Å². The Labute approximate surface area is 256 Å². The van der Waals surface area contributed by atoms with Gasteiger partial charge >= 0.3 is 12.1 Å². The van der Waals surface area contributed by atoms with Crippen molar-refractivity contribution in [2.24, 2.45) is 5.92 Å². The van der Waals surface area contributed by atoms with Crippen LogP contribution < -0.4 is 4.74 Å². The normalized spacial score (nSPS) is 15.8. The number of pyridine rings is 1. The SMILES string of the molecule is O=C(O)c1cnn(-c2cccc(-c3ccccc3OCc3ccc(C4CCN(C(=O)C5CC5)CC4)cc3Cl)n2)c1C(F)(F)F. The Morgan fingerprint density at radius 2 is 1.75 bits per heavy atom. The summed E-state index contributed by atoms with van der Waals surface area (Å²) in [6, 6.07) is 17.3. The molecular weight excluding hydrogens is 597 g/mol. The summed E-state index contributed by atoms with van der Waals surface area (Å²) in [6.45, 7) is 1.66. The average molecular weight is 625 g/mol. The summed E-state index contributed by atoms with van der Waals surface area (Å²) < 4.78 is 47.9. The number of alkyl halides is 3. The Balaban J connectivity index is 1.18. The summed E-state index contributed by atoms with van der Waals surface area (Å²) >= 11 is 6.66. The highest BCUT2D eigenvalue weighted by Crippen LogP contribution is 2.37. The molecule has 2 fully saturated rings. The zero-order chi connectivity index (χ0) is 31.0. The van der Waals surface area contributed by atoms with Gasteiger partial charge in [-0.25, -0.2) is 14.5 Å². The minimum atomic E-state index is -4.97. The Hall–Kier alpha value is -4.38. The third-order valence-electron chi connectivity index (χ3n) is 8.05. The predicted octanol–water partition coefficient (Wildman–Crippen LogP) is 7.00. The van der Waals surface area contributed by atoms with E-state index in [9.17, 15) is 27.9 Å². The smallest absolute Gasteiger partial charge is 0.434 e. The standard InChI is InChI=1S/C32H28ClF3N4O4/c33-25-16-21(19-12-14-39(15-13-19)30(41)20-8-9-20)10-11-22(25)18-44-27-6-2-1-4-23(27)26-5-3-7-28(38-26)40-29(32(34,35)36)24(17-37-40)31(42)43/h1-7,10-11,16-17,19-20H,8-9,12-15,18H2,(H,42,43). The quantitative estimate of drug-likeness (QED) is 0.227.